The Labute approximate surface area is 174 Å². The van der Waals surface area contributed by atoms with Gasteiger partial charge in [-0.3, -0.25) is 9.78 Å². The van der Waals surface area contributed by atoms with Crippen LogP contribution in [0.3, 0.4) is 0 Å². The van der Waals surface area contributed by atoms with Crippen LogP contribution in [0.4, 0.5) is 0 Å². The fourth-order valence-corrected chi connectivity index (χ4v) is 3.96. The lowest BCUT2D eigenvalue weighted by atomic mass is 10.1. The van der Waals surface area contributed by atoms with Crippen molar-refractivity contribution in [2.75, 3.05) is 0 Å². The van der Waals surface area contributed by atoms with Crippen LogP contribution in [0.25, 0.3) is 28.2 Å². The van der Waals surface area contributed by atoms with Crippen LogP contribution in [0.2, 0.25) is 0 Å². The van der Waals surface area contributed by atoms with Gasteiger partial charge in [0.25, 0.3) is 5.91 Å². The van der Waals surface area contributed by atoms with Gasteiger partial charge in [0.05, 0.1) is 23.1 Å². The number of nitrogens with two attached hydrogens (primary N) is 1. The summed E-state index contributed by atoms with van der Waals surface area (Å²) in [6.07, 6.45) is 8.17. The predicted molar refractivity (Wildman–Crippen MR) is 115 cm³/mol. The molecule has 1 fully saturated rings. The van der Waals surface area contributed by atoms with E-state index in [1.807, 2.05) is 42.6 Å². The Kier molecular flexibility index (Phi) is 4.72. The second kappa shape index (κ2) is 7.68. The van der Waals surface area contributed by atoms with E-state index in [0.717, 1.165) is 36.1 Å². The second-order valence-electron chi connectivity index (χ2n) is 7.61. The van der Waals surface area contributed by atoms with E-state index in [0.29, 0.717) is 16.9 Å². The number of hydrogen-bond acceptors (Lipinski definition) is 5. The van der Waals surface area contributed by atoms with Crippen molar-refractivity contribution in [3.05, 3.63) is 72.7 Å². The number of rotatable bonds is 4. The number of hydrogen-bond donors (Lipinski definition) is 2. The molecule has 0 bridgehead atoms. The summed E-state index contributed by atoms with van der Waals surface area (Å²) in [6.45, 7) is 0. The molecule has 0 radical (unpaired) electrons. The standard InChI is InChI=1S/C23H22N6O/c24-18-7-4-8-20(18)28-23(30)16-9-11-25-21(13-16)17-14-26-29-12-10-19(27-22(17)29)15-5-2-1-3-6-15/h1-3,5-6,9-14,18,20H,4,7-8,24H2,(H,28,30). The van der Waals surface area contributed by atoms with Gasteiger partial charge in [-0.25, -0.2) is 9.50 Å². The average Bonchev–Trinajstić information content (AvgIpc) is 3.40. The van der Waals surface area contributed by atoms with Crippen molar-refractivity contribution in [3.8, 4) is 22.5 Å². The van der Waals surface area contributed by atoms with Crippen molar-refractivity contribution >= 4 is 11.6 Å². The summed E-state index contributed by atoms with van der Waals surface area (Å²) < 4.78 is 1.72. The quantitative estimate of drug-likeness (QED) is 0.550. The molecule has 3 N–H and O–H groups in total. The monoisotopic (exact) mass is 398 g/mol. The Morgan fingerprint density at radius 1 is 1.10 bits per heavy atom. The summed E-state index contributed by atoms with van der Waals surface area (Å²) in [7, 11) is 0. The minimum Gasteiger partial charge on any atom is -0.348 e. The number of benzene rings is 1. The van der Waals surface area contributed by atoms with E-state index in [9.17, 15) is 4.79 Å². The molecule has 1 aromatic carbocycles. The predicted octanol–water partition coefficient (Wildman–Crippen LogP) is 3.07. The highest BCUT2D eigenvalue weighted by atomic mass is 16.1. The summed E-state index contributed by atoms with van der Waals surface area (Å²) in [5.74, 6) is -0.129. The molecule has 4 aromatic rings. The maximum atomic E-state index is 12.7. The Morgan fingerprint density at radius 3 is 2.77 bits per heavy atom. The number of nitrogens with zero attached hydrogens (tertiary/aromatic N) is 4. The highest BCUT2D eigenvalue weighted by molar-refractivity contribution is 5.95. The molecule has 0 saturated heterocycles. The van der Waals surface area contributed by atoms with Crippen LogP contribution in [0.1, 0.15) is 29.6 Å². The molecule has 1 aliphatic rings. The number of aromatic nitrogens is 4. The van der Waals surface area contributed by atoms with Crippen LogP contribution >= 0.6 is 0 Å². The normalized spacial score (nSPS) is 18.6. The van der Waals surface area contributed by atoms with Crippen LogP contribution in [0.5, 0.6) is 0 Å². The molecular formula is C23H22N6O. The third-order valence-corrected chi connectivity index (χ3v) is 5.62. The van der Waals surface area contributed by atoms with E-state index in [1.165, 1.54) is 0 Å². The molecule has 5 rings (SSSR count). The van der Waals surface area contributed by atoms with Crippen molar-refractivity contribution in [2.24, 2.45) is 5.73 Å². The zero-order valence-corrected chi connectivity index (χ0v) is 16.4. The third-order valence-electron chi connectivity index (χ3n) is 5.62. The van der Waals surface area contributed by atoms with Crippen molar-refractivity contribution in [2.45, 2.75) is 31.3 Å². The molecule has 0 aliphatic heterocycles. The van der Waals surface area contributed by atoms with Gasteiger partial charge < -0.3 is 11.1 Å². The van der Waals surface area contributed by atoms with Crippen molar-refractivity contribution < 1.29 is 4.79 Å². The smallest absolute Gasteiger partial charge is 0.251 e. The largest absolute Gasteiger partial charge is 0.348 e. The van der Waals surface area contributed by atoms with Gasteiger partial charge in [0, 0.05) is 35.6 Å². The third kappa shape index (κ3) is 3.44. The molecule has 1 aliphatic carbocycles. The van der Waals surface area contributed by atoms with E-state index < -0.39 is 0 Å². The first-order valence-corrected chi connectivity index (χ1v) is 10.1. The topological polar surface area (TPSA) is 98.2 Å². The molecule has 3 heterocycles. The maximum absolute atomic E-state index is 12.7. The average molecular weight is 398 g/mol. The maximum Gasteiger partial charge on any atom is 0.251 e. The van der Waals surface area contributed by atoms with Crippen LogP contribution < -0.4 is 11.1 Å². The number of amides is 1. The van der Waals surface area contributed by atoms with Crippen molar-refractivity contribution in [1.29, 1.82) is 0 Å². The number of fused-ring (bicyclic) bond motifs is 1. The van der Waals surface area contributed by atoms with E-state index in [4.69, 9.17) is 10.7 Å². The molecular weight excluding hydrogens is 376 g/mol. The second-order valence-corrected chi connectivity index (χ2v) is 7.61. The Balaban J connectivity index is 1.48. The zero-order valence-electron chi connectivity index (χ0n) is 16.4. The Morgan fingerprint density at radius 2 is 1.97 bits per heavy atom. The lowest BCUT2D eigenvalue weighted by Crippen LogP contribution is -2.43. The van der Waals surface area contributed by atoms with Gasteiger partial charge >= 0.3 is 0 Å². The molecule has 7 heteroatoms. The highest BCUT2D eigenvalue weighted by Gasteiger charge is 2.25. The minimum atomic E-state index is -0.129. The van der Waals surface area contributed by atoms with Crippen LogP contribution in [-0.4, -0.2) is 37.6 Å². The number of nitrogens with one attached hydrogen (secondary N) is 1. The minimum absolute atomic E-state index is 0.0236. The molecule has 3 aromatic heterocycles. The van der Waals surface area contributed by atoms with Crippen LogP contribution in [-0.2, 0) is 0 Å². The van der Waals surface area contributed by atoms with Crippen molar-refractivity contribution in [3.63, 3.8) is 0 Å². The highest BCUT2D eigenvalue weighted by Crippen LogP contribution is 2.25. The summed E-state index contributed by atoms with van der Waals surface area (Å²) in [5, 5.41) is 7.45. The van der Waals surface area contributed by atoms with Gasteiger partial charge in [-0.15, -0.1) is 0 Å². The SMILES string of the molecule is NC1CCCC1NC(=O)c1ccnc(-c2cnn3ccc(-c4ccccc4)nc23)c1. The summed E-state index contributed by atoms with van der Waals surface area (Å²) in [6, 6.07) is 15.5. The lowest BCUT2D eigenvalue weighted by molar-refractivity contribution is 0.0934. The molecule has 2 atom stereocenters. The molecule has 0 spiro atoms. The van der Waals surface area contributed by atoms with Crippen molar-refractivity contribution in [1.82, 2.24) is 24.9 Å². The van der Waals surface area contributed by atoms with Crippen LogP contribution in [0, 0.1) is 0 Å². The summed E-state index contributed by atoms with van der Waals surface area (Å²) in [4.78, 5) is 22.0. The summed E-state index contributed by atoms with van der Waals surface area (Å²) in [5.41, 5.74) is 10.7. The summed E-state index contributed by atoms with van der Waals surface area (Å²) >= 11 is 0. The van der Waals surface area contributed by atoms with Gasteiger partial charge in [-0.2, -0.15) is 5.10 Å². The molecule has 30 heavy (non-hydrogen) atoms. The van der Waals surface area contributed by atoms with Gasteiger partial charge in [-0.05, 0) is 37.5 Å². The fourth-order valence-electron chi connectivity index (χ4n) is 3.96. The van der Waals surface area contributed by atoms with Gasteiger partial charge in [0.15, 0.2) is 5.65 Å². The molecule has 1 saturated carbocycles. The Hall–Kier alpha value is -3.58. The molecule has 1 amide bonds. The fraction of sp³-hybridized carbons (Fsp3) is 0.217. The van der Waals surface area contributed by atoms with E-state index in [1.54, 1.807) is 29.0 Å². The number of carbonyl (C=O) groups excluding carboxylic acids is 1. The van der Waals surface area contributed by atoms with Gasteiger partial charge in [0.2, 0.25) is 0 Å². The first-order chi connectivity index (χ1) is 14.7. The van der Waals surface area contributed by atoms with Gasteiger partial charge in [0.1, 0.15) is 0 Å². The Bertz CT molecular complexity index is 1200. The van der Waals surface area contributed by atoms with E-state index >= 15 is 0 Å². The number of pyridine rings is 1. The van der Waals surface area contributed by atoms with Crippen LogP contribution in [0.15, 0.2) is 67.1 Å². The zero-order chi connectivity index (χ0) is 20.5. The molecule has 150 valence electrons. The lowest BCUT2D eigenvalue weighted by Gasteiger charge is -2.17. The van der Waals surface area contributed by atoms with E-state index in [2.05, 4.69) is 15.4 Å². The first kappa shape index (κ1) is 18.4. The molecule has 7 nitrogen and oxygen atoms in total. The van der Waals surface area contributed by atoms with E-state index in [-0.39, 0.29) is 18.0 Å². The number of carbonyl (C=O) groups is 1. The van der Waals surface area contributed by atoms with Gasteiger partial charge in [-0.1, -0.05) is 30.3 Å². The molecule has 2 unspecified atom stereocenters. The first-order valence-electron chi connectivity index (χ1n) is 10.1.